The average molecular weight is 320 g/mol. The molecule has 2 aromatic rings. The molecule has 0 bridgehead atoms. The van der Waals surface area contributed by atoms with E-state index in [0.717, 1.165) is 15.9 Å². The molecule has 1 N–H and O–H groups in total. The minimum absolute atomic E-state index is 0.184. The van der Waals surface area contributed by atoms with Crippen LogP contribution in [0.3, 0.4) is 0 Å². The van der Waals surface area contributed by atoms with Crippen LogP contribution >= 0.6 is 39.1 Å². The van der Waals surface area contributed by atoms with Gasteiger partial charge in [0, 0.05) is 28.3 Å². The van der Waals surface area contributed by atoms with E-state index in [9.17, 15) is 0 Å². The molecule has 0 saturated carbocycles. The summed E-state index contributed by atoms with van der Waals surface area (Å²) in [5.41, 5.74) is 0.911. The van der Waals surface area contributed by atoms with Gasteiger partial charge in [-0.25, -0.2) is 4.98 Å². The van der Waals surface area contributed by atoms with Gasteiger partial charge in [-0.15, -0.1) is 11.6 Å². The Kier molecular flexibility index (Phi) is 3.90. The summed E-state index contributed by atoms with van der Waals surface area (Å²) in [7, 11) is 0. The smallest absolute Gasteiger partial charge is 0.107 e. The van der Waals surface area contributed by atoms with Crippen LogP contribution in [0.1, 0.15) is 16.8 Å². The number of rotatable bonds is 3. The lowest BCUT2D eigenvalue weighted by molar-refractivity contribution is 0.854. The highest BCUT2D eigenvalue weighted by atomic mass is 79.9. The third-order valence-electron chi connectivity index (χ3n) is 2.22. The van der Waals surface area contributed by atoms with Crippen molar-refractivity contribution in [2.45, 2.75) is 11.8 Å². The van der Waals surface area contributed by atoms with Gasteiger partial charge in [0.15, 0.2) is 0 Å². The van der Waals surface area contributed by atoms with Crippen molar-refractivity contribution in [2.75, 3.05) is 0 Å². The summed E-state index contributed by atoms with van der Waals surface area (Å²) in [5.74, 6) is 0.857. The van der Waals surface area contributed by atoms with E-state index in [1.807, 2.05) is 18.2 Å². The Bertz CT molecular complexity index is 471. The molecule has 0 aliphatic heterocycles. The van der Waals surface area contributed by atoms with Gasteiger partial charge in [0.25, 0.3) is 0 Å². The topological polar surface area (TPSA) is 28.7 Å². The summed E-state index contributed by atoms with van der Waals surface area (Å²) >= 11 is 15.8. The Morgan fingerprint density at radius 3 is 2.94 bits per heavy atom. The van der Waals surface area contributed by atoms with Gasteiger partial charge in [-0.2, -0.15) is 0 Å². The van der Waals surface area contributed by atoms with E-state index in [4.69, 9.17) is 23.2 Å². The maximum atomic E-state index is 6.31. The molecule has 16 heavy (non-hydrogen) atoms. The fraction of sp³-hybridized carbons (Fsp3) is 0.182. The fourth-order valence-electron chi connectivity index (χ4n) is 1.44. The molecule has 5 heteroatoms. The molecule has 2 rings (SSSR count). The summed E-state index contributed by atoms with van der Waals surface area (Å²) in [6.45, 7) is 0. The molecular weight excluding hydrogens is 311 g/mol. The summed E-state index contributed by atoms with van der Waals surface area (Å²) in [6.07, 6.45) is 4.12. The molecule has 1 aromatic carbocycles. The first-order chi connectivity index (χ1) is 7.66. The second-order valence-corrected chi connectivity index (χ2v) is 5.22. The number of nitrogens with zero attached hydrogens (tertiary/aromatic N) is 1. The molecule has 0 saturated heterocycles. The molecule has 0 spiro atoms. The van der Waals surface area contributed by atoms with E-state index >= 15 is 0 Å². The maximum Gasteiger partial charge on any atom is 0.107 e. The first-order valence-electron chi connectivity index (χ1n) is 4.74. The third-order valence-corrected chi connectivity index (χ3v) is 3.45. The Hall–Kier alpha value is -0.510. The number of imidazole rings is 1. The predicted octanol–water partition coefficient (Wildman–Crippen LogP) is 4.35. The molecule has 2 nitrogen and oxygen atoms in total. The van der Waals surface area contributed by atoms with Gasteiger partial charge in [-0.1, -0.05) is 27.5 Å². The van der Waals surface area contributed by atoms with Crippen LogP contribution in [0.5, 0.6) is 0 Å². The highest BCUT2D eigenvalue weighted by molar-refractivity contribution is 9.10. The lowest BCUT2D eigenvalue weighted by atomic mass is 10.1. The summed E-state index contributed by atoms with van der Waals surface area (Å²) in [6, 6.07) is 5.66. The van der Waals surface area contributed by atoms with Crippen molar-refractivity contribution in [2.24, 2.45) is 0 Å². The van der Waals surface area contributed by atoms with Gasteiger partial charge in [-0.05, 0) is 23.8 Å². The second-order valence-electron chi connectivity index (χ2n) is 3.37. The van der Waals surface area contributed by atoms with Crippen LogP contribution < -0.4 is 0 Å². The van der Waals surface area contributed by atoms with E-state index in [1.165, 1.54) is 0 Å². The zero-order chi connectivity index (χ0) is 11.5. The van der Waals surface area contributed by atoms with Crippen molar-refractivity contribution < 1.29 is 0 Å². The van der Waals surface area contributed by atoms with Crippen LogP contribution in [0.2, 0.25) is 5.02 Å². The quantitative estimate of drug-likeness (QED) is 0.837. The first-order valence-corrected chi connectivity index (χ1v) is 6.35. The van der Waals surface area contributed by atoms with Crippen molar-refractivity contribution in [1.82, 2.24) is 9.97 Å². The monoisotopic (exact) mass is 318 g/mol. The SMILES string of the molecule is Clc1ccc(Br)cc1C(Cl)Cc1ncc[nH]1. The Morgan fingerprint density at radius 2 is 2.25 bits per heavy atom. The largest absolute Gasteiger partial charge is 0.349 e. The lowest BCUT2D eigenvalue weighted by Crippen LogP contribution is -1.98. The number of nitrogens with one attached hydrogen (secondary N) is 1. The molecule has 1 unspecified atom stereocenters. The maximum absolute atomic E-state index is 6.31. The molecule has 0 aliphatic rings. The summed E-state index contributed by atoms with van der Waals surface area (Å²) in [5, 5.41) is 0.492. The number of halogens is 3. The molecule has 0 radical (unpaired) electrons. The molecular formula is C11H9BrCl2N2. The number of hydrogen-bond acceptors (Lipinski definition) is 1. The van der Waals surface area contributed by atoms with Crippen LogP contribution in [0.15, 0.2) is 35.1 Å². The summed E-state index contributed by atoms with van der Waals surface area (Å²) < 4.78 is 0.969. The van der Waals surface area contributed by atoms with Crippen LogP contribution in [-0.4, -0.2) is 9.97 Å². The number of hydrogen-bond donors (Lipinski definition) is 1. The van der Waals surface area contributed by atoms with Gasteiger partial charge in [0.2, 0.25) is 0 Å². The Labute approximate surface area is 112 Å². The van der Waals surface area contributed by atoms with Crippen LogP contribution in [-0.2, 0) is 6.42 Å². The van der Waals surface area contributed by atoms with Gasteiger partial charge in [0.05, 0.1) is 5.38 Å². The van der Waals surface area contributed by atoms with E-state index < -0.39 is 0 Å². The number of benzene rings is 1. The zero-order valence-electron chi connectivity index (χ0n) is 8.25. The van der Waals surface area contributed by atoms with Gasteiger partial charge in [-0.3, -0.25) is 0 Å². The van der Waals surface area contributed by atoms with E-state index in [0.29, 0.717) is 11.4 Å². The number of alkyl halides is 1. The number of aromatic amines is 1. The minimum atomic E-state index is -0.184. The fourth-order valence-corrected chi connectivity index (χ4v) is 2.45. The third kappa shape index (κ3) is 2.78. The normalized spacial score (nSPS) is 12.7. The molecule has 1 aromatic heterocycles. The molecule has 0 amide bonds. The lowest BCUT2D eigenvalue weighted by Gasteiger charge is -2.10. The van der Waals surface area contributed by atoms with Crippen molar-refractivity contribution in [1.29, 1.82) is 0 Å². The van der Waals surface area contributed by atoms with Gasteiger partial charge < -0.3 is 4.98 Å². The van der Waals surface area contributed by atoms with E-state index in [1.54, 1.807) is 12.4 Å². The van der Waals surface area contributed by atoms with Gasteiger partial charge in [0.1, 0.15) is 5.82 Å². The van der Waals surface area contributed by atoms with Gasteiger partial charge >= 0.3 is 0 Å². The van der Waals surface area contributed by atoms with Crippen molar-refractivity contribution >= 4 is 39.1 Å². The van der Waals surface area contributed by atoms with Crippen molar-refractivity contribution in [3.05, 3.63) is 51.5 Å². The first kappa shape index (κ1) is 12.0. The summed E-state index contributed by atoms with van der Waals surface area (Å²) in [4.78, 5) is 7.16. The highest BCUT2D eigenvalue weighted by Gasteiger charge is 2.14. The molecule has 84 valence electrons. The number of aromatic nitrogens is 2. The Balaban J connectivity index is 2.20. The number of H-pyrrole nitrogens is 1. The zero-order valence-corrected chi connectivity index (χ0v) is 11.4. The predicted molar refractivity (Wildman–Crippen MR) is 70.0 cm³/mol. The van der Waals surface area contributed by atoms with Crippen molar-refractivity contribution in [3.63, 3.8) is 0 Å². The van der Waals surface area contributed by atoms with Crippen LogP contribution in [0, 0.1) is 0 Å². The van der Waals surface area contributed by atoms with Crippen LogP contribution in [0.4, 0.5) is 0 Å². The molecule has 0 aliphatic carbocycles. The standard InChI is InChI=1S/C11H9BrCl2N2/c12-7-1-2-9(13)8(5-7)10(14)6-11-15-3-4-16-11/h1-5,10H,6H2,(H,15,16). The highest BCUT2D eigenvalue weighted by Crippen LogP contribution is 2.32. The van der Waals surface area contributed by atoms with Crippen molar-refractivity contribution in [3.8, 4) is 0 Å². The molecule has 1 atom stereocenters. The molecule has 1 heterocycles. The van der Waals surface area contributed by atoms with E-state index in [-0.39, 0.29) is 5.38 Å². The molecule has 0 fully saturated rings. The Morgan fingerprint density at radius 1 is 1.44 bits per heavy atom. The minimum Gasteiger partial charge on any atom is -0.349 e. The van der Waals surface area contributed by atoms with Crippen LogP contribution in [0.25, 0.3) is 0 Å². The van der Waals surface area contributed by atoms with E-state index in [2.05, 4.69) is 25.9 Å². The average Bonchev–Trinajstić information content (AvgIpc) is 2.74. The second kappa shape index (κ2) is 5.21.